The van der Waals surface area contributed by atoms with Gasteiger partial charge in [0.15, 0.2) is 11.4 Å². The molecule has 1 saturated carbocycles. The first-order chi connectivity index (χ1) is 11.7. The van der Waals surface area contributed by atoms with Gasteiger partial charge in [-0.25, -0.2) is 4.79 Å². The fourth-order valence-electron chi connectivity index (χ4n) is 2.57. The second-order valence-corrected chi connectivity index (χ2v) is 5.82. The van der Waals surface area contributed by atoms with Crippen LogP contribution in [0.4, 0.5) is 0 Å². The maximum atomic E-state index is 10.8. The van der Waals surface area contributed by atoms with Gasteiger partial charge in [0.25, 0.3) is 0 Å². The Labute approximate surface area is 138 Å². The van der Waals surface area contributed by atoms with Crippen molar-refractivity contribution in [1.82, 2.24) is 15.2 Å². The zero-order valence-corrected chi connectivity index (χ0v) is 12.8. The molecule has 3 aromatic rings. The summed E-state index contributed by atoms with van der Waals surface area (Å²) in [4.78, 5) is 17.2. The lowest BCUT2D eigenvalue weighted by Crippen LogP contribution is -2.05. The Balaban J connectivity index is 1.48. The Morgan fingerprint density at radius 2 is 1.67 bits per heavy atom. The molecule has 1 fully saturated rings. The topological polar surface area (TPSA) is 77.2 Å². The van der Waals surface area contributed by atoms with E-state index in [1.54, 1.807) is 0 Å². The Bertz CT molecular complexity index is 865. The maximum Gasteiger partial charge on any atom is 0.358 e. The van der Waals surface area contributed by atoms with Gasteiger partial charge in [-0.05, 0) is 52.8 Å². The number of hydrogen-bond acceptors (Lipinski definition) is 4. The Morgan fingerprint density at radius 3 is 2.21 bits per heavy atom. The third kappa shape index (κ3) is 2.99. The molecule has 0 radical (unpaired) electrons. The molecule has 0 bridgehead atoms. The Kier molecular flexibility index (Phi) is 3.49. The van der Waals surface area contributed by atoms with Crippen molar-refractivity contribution in [3.63, 3.8) is 0 Å². The van der Waals surface area contributed by atoms with Gasteiger partial charge < -0.3 is 9.94 Å². The predicted octanol–water partition coefficient (Wildman–Crippen LogP) is 3.36. The molecule has 24 heavy (non-hydrogen) atoms. The number of hydrogen-bond donors (Lipinski definition) is 1. The third-order valence-corrected chi connectivity index (χ3v) is 4.04. The van der Waals surface area contributed by atoms with Crippen LogP contribution in [0.1, 0.15) is 34.8 Å². The monoisotopic (exact) mass is 321 g/mol. The van der Waals surface area contributed by atoms with Crippen LogP contribution in [0.3, 0.4) is 0 Å². The van der Waals surface area contributed by atoms with E-state index >= 15 is 0 Å². The number of carboxylic acid groups (broad SMARTS) is 1. The molecule has 1 aliphatic rings. The van der Waals surface area contributed by atoms with E-state index < -0.39 is 5.97 Å². The van der Waals surface area contributed by atoms with Crippen LogP contribution in [-0.2, 0) is 0 Å². The SMILES string of the molecule is O=C(O)c1cn(Oc2ccc(-c3ccc(C4CC4)cc3)cc2)nn1. The summed E-state index contributed by atoms with van der Waals surface area (Å²) in [5, 5.41) is 15.9. The molecule has 1 heterocycles. The van der Waals surface area contributed by atoms with Gasteiger partial charge >= 0.3 is 5.97 Å². The van der Waals surface area contributed by atoms with Crippen molar-refractivity contribution >= 4 is 5.97 Å². The van der Waals surface area contributed by atoms with Gasteiger partial charge in [0.1, 0.15) is 6.20 Å². The standard InChI is InChI=1S/C18H15N3O3/c22-18(23)17-11-21(20-19-17)24-16-9-7-15(8-10-16)14-5-3-13(4-6-14)12-1-2-12/h3-12H,1-2H2,(H,22,23). The highest BCUT2D eigenvalue weighted by molar-refractivity contribution is 5.84. The van der Waals surface area contributed by atoms with E-state index in [-0.39, 0.29) is 5.69 Å². The zero-order valence-electron chi connectivity index (χ0n) is 12.8. The molecule has 0 spiro atoms. The van der Waals surface area contributed by atoms with Gasteiger partial charge in [0.05, 0.1) is 0 Å². The van der Waals surface area contributed by atoms with E-state index in [2.05, 4.69) is 34.6 Å². The van der Waals surface area contributed by atoms with Gasteiger partial charge in [-0.2, -0.15) is 0 Å². The van der Waals surface area contributed by atoms with Crippen LogP contribution >= 0.6 is 0 Å². The van der Waals surface area contributed by atoms with Gasteiger partial charge in [-0.3, -0.25) is 0 Å². The summed E-state index contributed by atoms with van der Waals surface area (Å²) < 4.78 is 0. The van der Waals surface area contributed by atoms with Crippen LogP contribution in [0, 0.1) is 0 Å². The molecular formula is C18H15N3O3. The number of carbonyl (C=O) groups is 1. The van der Waals surface area contributed by atoms with Crippen LogP contribution in [0.15, 0.2) is 54.7 Å². The highest BCUT2D eigenvalue weighted by Gasteiger charge is 2.22. The molecule has 0 saturated heterocycles. The summed E-state index contributed by atoms with van der Waals surface area (Å²) in [6.45, 7) is 0. The molecule has 2 aromatic carbocycles. The minimum absolute atomic E-state index is 0.164. The second-order valence-electron chi connectivity index (χ2n) is 5.82. The zero-order chi connectivity index (χ0) is 16.5. The normalized spacial score (nSPS) is 13.7. The second kappa shape index (κ2) is 5.81. The van der Waals surface area contributed by atoms with Crippen molar-refractivity contribution in [2.45, 2.75) is 18.8 Å². The van der Waals surface area contributed by atoms with Crippen LogP contribution in [0.25, 0.3) is 11.1 Å². The molecule has 0 unspecified atom stereocenters. The van der Waals surface area contributed by atoms with Crippen LogP contribution in [0.5, 0.6) is 5.75 Å². The molecule has 1 aliphatic carbocycles. The average Bonchev–Trinajstić information content (AvgIpc) is 3.35. The lowest BCUT2D eigenvalue weighted by Gasteiger charge is -2.06. The molecule has 4 rings (SSSR count). The summed E-state index contributed by atoms with van der Waals surface area (Å²) in [6.07, 6.45) is 3.82. The highest BCUT2D eigenvalue weighted by atomic mass is 16.7. The quantitative estimate of drug-likeness (QED) is 0.779. The molecule has 0 amide bonds. The number of aromatic nitrogens is 3. The number of carboxylic acids is 1. The molecule has 120 valence electrons. The number of rotatable bonds is 5. The van der Waals surface area contributed by atoms with E-state index in [1.165, 1.54) is 24.6 Å². The van der Waals surface area contributed by atoms with Crippen molar-refractivity contribution < 1.29 is 14.7 Å². The first-order valence-corrected chi connectivity index (χ1v) is 7.73. The molecule has 1 aromatic heterocycles. The average molecular weight is 321 g/mol. The minimum Gasteiger partial charge on any atom is -0.476 e. The number of nitrogens with zero attached hydrogens (tertiary/aromatic N) is 3. The fraction of sp³-hybridized carbons (Fsp3) is 0.167. The Morgan fingerprint density at radius 1 is 1.04 bits per heavy atom. The third-order valence-electron chi connectivity index (χ3n) is 4.04. The molecule has 6 heteroatoms. The van der Waals surface area contributed by atoms with Gasteiger partial charge in [0, 0.05) is 0 Å². The number of aromatic carboxylic acids is 1. The molecule has 1 N–H and O–H groups in total. The first kappa shape index (κ1) is 14.4. The van der Waals surface area contributed by atoms with E-state index in [4.69, 9.17) is 9.94 Å². The van der Waals surface area contributed by atoms with Crippen molar-refractivity contribution in [3.8, 4) is 16.9 Å². The highest BCUT2D eigenvalue weighted by Crippen LogP contribution is 2.40. The maximum absolute atomic E-state index is 10.8. The summed E-state index contributed by atoms with van der Waals surface area (Å²) in [5.74, 6) is 0.165. The van der Waals surface area contributed by atoms with Gasteiger partial charge in [0.2, 0.25) is 0 Å². The van der Waals surface area contributed by atoms with E-state index in [1.807, 2.05) is 24.3 Å². The summed E-state index contributed by atoms with van der Waals surface area (Å²) in [7, 11) is 0. The van der Waals surface area contributed by atoms with Gasteiger partial charge in [-0.15, -0.1) is 5.10 Å². The molecule has 0 aliphatic heterocycles. The molecule has 6 nitrogen and oxygen atoms in total. The lowest BCUT2D eigenvalue weighted by atomic mass is 10.0. The summed E-state index contributed by atoms with van der Waals surface area (Å²) in [6, 6.07) is 16.2. The summed E-state index contributed by atoms with van der Waals surface area (Å²) in [5.41, 5.74) is 3.50. The van der Waals surface area contributed by atoms with Crippen molar-refractivity contribution in [2.75, 3.05) is 0 Å². The smallest absolute Gasteiger partial charge is 0.358 e. The van der Waals surface area contributed by atoms with E-state index in [0.717, 1.165) is 21.9 Å². The predicted molar refractivity (Wildman–Crippen MR) is 86.9 cm³/mol. The van der Waals surface area contributed by atoms with Crippen molar-refractivity contribution in [3.05, 3.63) is 66.0 Å². The Hall–Kier alpha value is -3.15. The van der Waals surface area contributed by atoms with E-state index in [0.29, 0.717) is 5.75 Å². The van der Waals surface area contributed by atoms with Crippen LogP contribution in [-0.4, -0.2) is 26.2 Å². The molecule has 0 atom stereocenters. The van der Waals surface area contributed by atoms with E-state index in [9.17, 15) is 4.79 Å². The minimum atomic E-state index is -1.14. The first-order valence-electron chi connectivity index (χ1n) is 7.73. The van der Waals surface area contributed by atoms with Gasteiger partial charge in [-0.1, -0.05) is 41.2 Å². The largest absolute Gasteiger partial charge is 0.476 e. The van der Waals surface area contributed by atoms with Crippen molar-refractivity contribution in [2.24, 2.45) is 0 Å². The summed E-state index contributed by atoms with van der Waals surface area (Å²) >= 11 is 0. The number of benzene rings is 2. The fourth-order valence-corrected chi connectivity index (χ4v) is 2.57. The van der Waals surface area contributed by atoms with Crippen molar-refractivity contribution in [1.29, 1.82) is 0 Å². The molecular weight excluding hydrogens is 306 g/mol. The van der Waals surface area contributed by atoms with Crippen LogP contribution < -0.4 is 4.84 Å². The van der Waals surface area contributed by atoms with Crippen LogP contribution in [0.2, 0.25) is 0 Å². The lowest BCUT2D eigenvalue weighted by molar-refractivity contribution is 0.0690.